The summed E-state index contributed by atoms with van der Waals surface area (Å²) in [5, 5.41) is 11.9. The predicted octanol–water partition coefficient (Wildman–Crippen LogP) is 2.99. The third-order valence-corrected chi connectivity index (χ3v) is 4.11. The fourth-order valence-electron chi connectivity index (χ4n) is 2.72. The summed E-state index contributed by atoms with van der Waals surface area (Å²) < 4.78 is 20.9. The normalized spacial score (nSPS) is 10.1. The Morgan fingerprint density at radius 3 is 2.21 bits per heavy atom. The van der Waals surface area contributed by atoms with Gasteiger partial charge in [-0.05, 0) is 42.3 Å². The van der Waals surface area contributed by atoms with Crippen molar-refractivity contribution in [2.24, 2.45) is 0 Å². The highest BCUT2D eigenvalue weighted by atomic mass is 16.5. The molecule has 1 amide bonds. The SMILES string of the molecule is COc1ccc(OC)c(CCC(=O)Nc2cc(C(=O)O)cc(OC)c2OC)c1. The van der Waals surface area contributed by atoms with Gasteiger partial charge in [0.25, 0.3) is 0 Å². The Labute approximate surface area is 163 Å². The van der Waals surface area contributed by atoms with E-state index in [4.69, 9.17) is 18.9 Å². The first-order chi connectivity index (χ1) is 13.4. The molecular formula is C20H23NO7. The number of hydrogen-bond acceptors (Lipinski definition) is 6. The van der Waals surface area contributed by atoms with Gasteiger partial charge in [0.2, 0.25) is 5.91 Å². The summed E-state index contributed by atoms with van der Waals surface area (Å²) in [5.74, 6) is 0.329. The number of aryl methyl sites for hydroxylation is 1. The number of carbonyl (C=O) groups excluding carboxylic acids is 1. The average molecular weight is 389 g/mol. The molecule has 8 nitrogen and oxygen atoms in total. The van der Waals surface area contributed by atoms with Crippen molar-refractivity contribution in [3.8, 4) is 23.0 Å². The highest BCUT2D eigenvalue weighted by molar-refractivity contribution is 5.96. The van der Waals surface area contributed by atoms with E-state index in [1.165, 1.54) is 26.4 Å². The maximum absolute atomic E-state index is 12.5. The molecule has 0 atom stereocenters. The van der Waals surface area contributed by atoms with Crippen LogP contribution in [0.5, 0.6) is 23.0 Å². The van der Waals surface area contributed by atoms with Gasteiger partial charge in [-0.1, -0.05) is 0 Å². The van der Waals surface area contributed by atoms with E-state index in [0.29, 0.717) is 17.9 Å². The second-order valence-electron chi connectivity index (χ2n) is 5.79. The summed E-state index contributed by atoms with van der Waals surface area (Å²) in [5.41, 5.74) is 1.02. The molecule has 2 aromatic rings. The molecule has 0 spiro atoms. The first kappa shape index (κ1) is 20.9. The summed E-state index contributed by atoms with van der Waals surface area (Å²) in [7, 11) is 5.92. The van der Waals surface area contributed by atoms with Gasteiger partial charge in [0.15, 0.2) is 11.5 Å². The minimum atomic E-state index is -1.14. The van der Waals surface area contributed by atoms with Crippen molar-refractivity contribution in [3.63, 3.8) is 0 Å². The summed E-state index contributed by atoms with van der Waals surface area (Å²) >= 11 is 0. The predicted molar refractivity (Wildman–Crippen MR) is 103 cm³/mol. The van der Waals surface area contributed by atoms with Crippen molar-refractivity contribution in [1.29, 1.82) is 0 Å². The molecular weight excluding hydrogens is 366 g/mol. The number of hydrogen-bond donors (Lipinski definition) is 2. The third-order valence-electron chi connectivity index (χ3n) is 4.11. The van der Waals surface area contributed by atoms with Gasteiger partial charge in [-0.3, -0.25) is 4.79 Å². The van der Waals surface area contributed by atoms with E-state index in [2.05, 4.69) is 5.32 Å². The Hall–Kier alpha value is -3.42. The minimum Gasteiger partial charge on any atom is -0.497 e. The Kier molecular flexibility index (Phi) is 7.08. The average Bonchev–Trinajstić information content (AvgIpc) is 2.71. The Morgan fingerprint density at radius 1 is 0.929 bits per heavy atom. The molecule has 28 heavy (non-hydrogen) atoms. The maximum Gasteiger partial charge on any atom is 0.335 e. The van der Waals surface area contributed by atoms with Crippen molar-refractivity contribution in [2.75, 3.05) is 33.8 Å². The Bertz CT molecular complexity index is 864. The Morgan fingerprint density at radius 2 is 1.64 bits per heavy atom. The second-order valence-corrected chi connectivity index (χ2v) is 5.79. The van der Waals surface area contributed by atoms with E-state index in [0.717, 1.165) is 5.56 Å². The van der Waals surface area contributed by atoms with E-state index in [9.17, 15) is 14.7 Å². The number of aromatic carboxylic acids is 1. The molecule has 0 fully saturated rings. The van der Waals surface area contributed by atoms with E-state index >= 15 is 0 Å². The number of carbonyl (C=O) groups is 2. The maximum atomic E-state index is 12.5. The number of rotatable bonds is 9. The zero-order valence-electron chi connectivity index (χ0n) is 16.2. The van der Waals surface area contributed by atoms with E-state index in [-0.39, 0.29) is 35.1 Å². The summed E-state index contributed by atoms with van der Waals surface area (Å²) in [6.45, 7) is 0. The van der Waals surface area contributed by atoms with Gasteiger partial charge >= 0.3 is 5.97 Å². The van der Waals surface area contributed by atoms with Crippen molar-refractivity contribution in [2.45, 2.75) is 12.8 Å². The molecule has 0 aliphatic carbocycles. The molecule has 2 N–H and O–H groups in total. The lowest BCUT2D eigenvalue weighted by molar-refractivity contribution is -0.116. The first-order valence-electron chi connectivity index (χ1n) is 8.43. The molecule has 2 aromatic carbocycles. The summed E-state index contributed by atoms with van der Waals surface area (Å²) in [6.07, 6.45) is 0.552. The molecule has 0 heterocycles. The molecule has 0 aromatic heterocycles. The van der Waals surface area contributed by atoms with Crippen LogP contribution >= 0.6 is 0 Å². The molecule has 8 heteroatoms. The fourth-order valence-corrected chi connectivity index (χ4v) is 2.72. The lowest BCUT2D eigenvalue weighted by Crippen LogP contribution is -2.14. The van der Waals surface area contributed by atoms with Crippen molar-refractivity contribution < 1.29 is 33.6 Å². The third kappa shape index (κ3) is 4.85. The van der Waals surface area contributed by atoms with Crippen LogP contribution in [0.25, 0.3) is 0 Å². The molecule has 0 unspecified atom stereocenters. The van der Waals surface area contributed by atoms with Gasteiger partial charge in [0, 0.05) is 6.42 Å². The minimum absolute atomic E-state index is 0.0255. The van der Waals surface area contributed by atoms with E-state index < -0.39 is 5.97 Å². The highest BCUT2D eigenvalue weighted by Crippen LogP contribution is 2.37. The lowest BCUT2D eigenvalue weighted by atomic mass is 10.1. The lowest BCUT2D eigenvalue weighted by Gasteiger charge is -2.15. The first-order valence-corrected chi connectivity index (χ1v) is 8.43. The van der Waals surface area contributed by atoms with Crippen LogP contribution in [0.15, 0.2) is 30.3 Å². The van der Waals surface area contributed by atoms with Crippen LogP contribution in [0.4, 0.5) is 5.69 Å². The largest absolute Gasteiger partial charge is 0.497 e. The van der Waals surface area contributed by atoms with Gasteiger partial charge in [-0.25, -0.2) is 4.79 Å². The number of benzene rings is 2. The van der Waals surface area contributed by atoms with Crippen LogP contribution in [0.1, 0.15) is 22.3 Å². The summed E-state index contributed by atoms with van der Waals surface area (Å²) in [4.78, 5) is 23.8. The number of nitrogens with one attached hydrogen (secondary N) is 1. The molecule has 0 radical (unpaired) electrons. The smallest absolute Gasteiger partial charge is 0.335 e. The standard InChI is InChI=1S/C20H23NO7/c1-25-14-6-7-16(26-2)12(9-14)5-8-18(22)21-15-10-13(20(23)24)11-17(27-3)19(15)28-4/h6-7,9-11H,5,8H2,1-4H3,(H,21,22)(H,23,24). The molecule has 0 saturated heterocycles. The highest BCUT2D eigenvalue weighted by Gasteiger charge is 2.18. The van der Waals surface area contributed by atoms with Crippen LogP contribution in [-0.4, -0.2) is 45.4 Å². The monoisotopic (exact) mass is 389 g/mol. The molecule has 0 bridgehead atoms. The van der Waals surface area contributed by atoms with Gasteiger partial charge in [-0.15, -0.1) is 0 Å². The van der Waals surface area contributed by atoms with Gasteiger partial charge in [0.1, 0.15) is 11.5 Å². The number of ether oxygens (including phenoxy) is 4. The topological polar surface area (TPSA) is 103 Å². The van der Waals surface area contributed by atoms with E-state index in [1.807, 2.05) is 0 Å². The number of anilines is 1. The number of carboxylic acid groups (broad SMARTS) is 1. The summed E-state index contributed by atoms with van der Waals surface area (Å²) in [6, 6.07) is 8.01. The quantitative estimate of drug-likeness (QED) is 0.679. The van der Waals surface area contributed by atoms with Crippen LogP contribution < -0.4 is 24.3 Å². The van der Waals surface area contributed by atoms with Crippen molar-refractivity contribution in [1.82, 2.24) is 0 Å². The molecule has 2 rings (SSSR count). The van der Waals surface area contributed by atoms with Gasteiger partial charge in [0.05, 0.1) is 39.7 Å². The van der Waals surface area contributed by atoms with Crippen molar-refractivity contribution in [3.05, 3.63) is 41.5 Å². The zero-order valence-corrected chi connectivity index (χ0v) is 16.2. The Balaban J connectivity index is 2.19. The molecule has 150 valence electrons. The molecule has 0 aliphatic heterocycles. The number of amides is 1. The van der Waals surface area contributed by atoms with Crippen molar-refractivity contribution >= 4 is 17.6 Å². The van der Waals surface area contributed by atoms with Gasteiger partial charge in [-0.2, -0.15) is 0 Å². The van der Waals surface area contributed by atoms with Gasteiger partial charge < -0.3 is 29.4 Å². The zero-order chi connectivity index (χ0) is 20.7. The fraction of sp³-hybridized carbons (Fsp3) is 0.300. The number of methoxy groups -OCH3 is 4. The molecule has 0 aliphatic rings. The second kappa shape index (κ2) is 9.50. The van der Waals surface area contributed by atoms with Crippen LogP contribution in [0.3, 0.4) is 0 Å². The van der Waals surface area contributed by atoms with E-state index in [1.54, 1.807) is 32.4 Å². The number of carboxylic acids is 1. The van der Waals surface area contributed by atoms with Crippen LogP contribution in [-0.2, 0) is 11.2 Å². The van der Waals surface area contributed by atoms with Crippen LogP contribution in [0.2, 0.25) is 0 Å². The van der Waals surface area contributed by atoms with Crippen LogP contribution in [0, 0.1) is 0 Å². The molecule has 0 saturated carbocycles.